The first-order chi connectivity index (χ1) is 15.7. The van der Waals surface area contributed by atoms with Crippen molar-refractivity contribution >= 4 is 40.2 Å². The summed E-state index contributed by atoms with van der Waals surface area (Å²) in [6.07, 6.45) is 1.62. The van der Waals surface area contributed by atoms with Crippen LogP contribution in [-0.4, -0.2) is 34.0 Å². The van der Waals surface area contributed by atoms with E-state index in [1.165, 1.54) is 4.90 Å². The van der Waals surface area contributed by atoms with Crippen molar-refractivity contribution in [2.45, 2.75) is 38.7 Å². The molecule has 0 fully saturated rings. The maximum absolute atomic E-state index is 13.7. The molecule has 1 N–H and O–H groups in total. The Kier molecular flexibility index (Phi) is 5.13. The summed E-state index contributed by atoms with van der Waals surface area (Å²) in [4.78, 5) is 32.2. The Balaban J connectivity index is 1.68. The number of fused-ring (bicyclic) bond motifs is 3. The number of nitrogens with zero attached hydrogens (tertiary/aromatic N) is 2. The van der Waals surface area contributed by atoms with Crippen molar-refractivity contribution in [3.63, 3.8) is 0 Å². The summed E-state index contributed by atoms with van der Waals surface area (Å²) >= 11 is 6.64. The number of hydrogen-bond acceptors (Lipinski definition) is 5. The number of ether oxygens (including phenoxy) is 1. The van der Waals surface area contributed by atoms with Gasteiger partial charge in [-0.2, -0.15) is 0 Å². The van der Waals surface area contributed by atoms with Crippen molar-refractivity contribution in [3.8, 4) is 0 Å². The van der Waals surface area contributed by atoms with Crippen molar-refractivity contribution in [1.29, 1.82) is 0 Å². The highest BCUT2D eigenvalue weighted by Crippen LogP contribution is 2.48. The molecule has 0 bridgehead atoms. The Hall–Kier alpha value is -3.38. The minimum absolute atomic E-state index is 0.243. The molecule has 3 aromatic rings. The third-order valence-corrected chi connectivity index (χ3v) is 6.25. The van der Waals surface area contributed by atoms with Crippen molar-refractivity contribution in [2.24, 2.45) is 0 Å². The van der Waals surface area contributed by atoms with E-state index in [-0.39, 0.29) is 12.5 Å². The first kappa shape index (κ1) is 21.5. The molecule has 0 saturated carbocycles. The number of pyridine rings is 1. The Morgan fingerprint density at radius 2 is 1.91 bits per heavy atom. The van der Waals surface area contributed by atoms with Gasteiger partial charge in [-0.3, -0.25) is 9.78 Å². The fourth-order valence-corrected chi connectivity index (χ4v) is 4.79. The molecule has 2 aromatic carbocycles. The van der Waals surface area contributed by atoms with E-state index in [0.29, 0.717) is 17.0 Å². The number of rotatable bonds is 1. The minimum Gasteiger partial charge on any atom is -0.443 e. The highest BCUT2D eigenvalue weighted by molar-refractivity contribution is 6.31. The first-order valence-corrected chi connectivity index (χ1v) is 11.3. The topological polar surface area (TPSA) is 71.5 Å². The molecule has 1 atom stereocenters. The quantitative estimate of drug-likeness (QED) is 0.491. The van der Waals surface area contributed by atoms with Gasteiger partial charge in [-0.15, -0.1) is 0 Å². The molecule has 0 spiro atoms. The monoisotopic (exact) mass is 461 g/mol. The molecule has 168 valence electrons. The second-order valence-corrected chi connectivity index (χ2v) is 9.67. The molecule has 2 aliphatic heterocycles. The number of halogens is 1. The Morgan fingerprint density at radius 1 is 1.12 bits per heavy atom. The van der Waals surface area contributed by atoms with Gasteiger partial charge in [0.05, 0.1) is 11.2 Å². The summed E-state index contributed by atoms with van der Waals surface area (Å²) in [5.41, 5.74) is 4.15. The van der Waals surface area contributed by atoms with Crippen LogP contribution in [-0.2, 0) is 9.53 Å². The van der Waals surface area contributed by atoms with Gasteiger partial charge in [0.2, 0.25) is 0 Å². The number of imide groups is 1. The van der Waals surface area contributed by atoms with Gasteiger partial charge < -0.3 is 10.1 Å². The number of carbonyl (C=O) groups is 2. The third-order valence-electron chi connectivity index (χ3n) is 5.91. The van der Waals surface area contributed by atoms with E-state index in [2.05, 4.69) is 10.3 Å². The summed E-state index contributed by atoms with van der Waals surface area (Å²) < 4.78 is 5.51. The molecule has 1 aromatic heterocycles. The van der Waals surface area contributed by atoms with Crippen LogP contribution in [0.4, 0.5) is 10.5 Å². The summed E-state index contributed by atoms with van der Waals surface area (Å²) in [7, 11) is 0. The molecular weight excluding hydrogens is 438 g/mol. The number of benzene rings is 2. The molecule has 2 aliphatic rings. The zero-order valence-corrected chi connectivity index (χ0v) is 19.4. The Bertz CT molecular complexity index is 1330. The van der Waals surface area contributed by atoms with Gasteiger partial charge in [-0.25, -0.2) is 9.69 Å². The molecule has 0 radical (unpaired) electrons. The minimum atomic E-state index is -0.697. The largest absolute Gasteiger partial charge is 0.443 e. The van der Waals surface area contributed by atoms with Gasteiger partial charge in [0.25, 0.3) is 5.91 Å². The third kappa shape index (κ3) is 3.74. The smallest absolute Gasteiger partial charge is 0.417 e. The van der Waals surface area contributed by atoms with Crippen LogP contribution >= 0.6 is 11.6 Å². The molecule has 3 heterocycles. The van der Waals surface area contributed by atoms with E-state index < -0.39 is 17.6 Å². The van der Waals surface area contributed by atoms with Gasteiger partial charge in [-0.05, 0) is 56.2 Å². The standard InChI is InChI=1S/C26H24ClN3O3/c1-26(2,3)33-25(32)30-14-12-20-22(24(30)31)21(15-7-4-5-9-18(15)27)17-10-11-19-16(23(17)29-20)8-6-13-28-19/h4-11,13,21,29H,12,14H2,1-3H3. The molecule has 1 unspecified atom stereocenters. The van der Waals surface area contributed by atoms with E-state index in [9.17, 15) is 9.59 Å². The van der Waals surface area contributed by atoms with E-state index in [0.717, 1.165) is 33.4 Å². The zero-order valence-electron chi connectivity index (χ0n) is 18.7. The fraction of sp³-hybridized carbons (Fsp3) is 0.269. The maximum atomic E-state index is 13.7. The summed E-state index contributed by atoms with van der Waals surface area (Å²) in [5, 5.41) is 5.03. The lowest BCUT2D eigenvalue weighted by molar-refractivity contribution is -0.127. The molecule has 0 saturated heterocycles. The number of amides is 2. The summed E-state index contributed by atoms with van der Waals surface area (Å²) in [6, 6.07) is 15.4. The van der Waals surface area contributed by atoms with Gasteiger partial charge in [0.1, 0.15) is 5.60 Å². The number of nitrogens with one attached hydrogen (secondary N) is 1. The summed E-state index contributed by atoms with van der Waals surface area (Å²) in [6.45, 7) is 5.60. The maximum Gasteiger partial charge on any atom is 0.417 e. The van der Waals surface area contributed by atoms with Gasteiger partial charge >= 0.3 is 6.09 Å². The van der Waals surface area contributed by atoms with Crippen LogP contribution in [0.3, 0.4) is 0 Å². The normalized spacial score (nSPS) is 18.0. The second-order valence-electron chi connectivity index (χ2n) is 9.26. The van der Waals surface area contributed by atoms with Crippen LogP contribution in [0.25, 0.3) is 10.9 Å². The lowest BCUT2D eigenvalue weighted by Crippen LogP contribution is -2.47. The van der Waals surface area contributed by atoms with Crippen molar-refractivity contribution in [1.82, 2.24) is 9.88 Å². The van der Waals surface area contributed by atoms with Crippen LogP contribution in [0.2, 0.25) is 5.02 Å². The predicted molar refractivity (Wildman–Crippen MR) is 128 cm³/mol. The number of anilines is 1. The number of carbonyl (C=O) groups excluding carboxylic acids is 2. The van der Waals surface area contributed by atoms with E-state index in [1.807, 2.05) is 48.5 Å². The first-order valence-electron chi connectivity index (χ1n) is 10.9. The van der Waals surface area contributed by atoms with Crippen LogP contribution in [0.15, 0.2) is 66.0 Å². The average molecular weight is 462 g/mol. The molecule has 5 rings (SSSR count). The predicted octanol–water partition coefficient (Wildman–Crippen LogP) is 5.87. The lowest BCUT2D eigenvalue weighted by Gasteiger charge is -2.38. The van der Waals surface area contributed by atoms with E-state index in [4.69, 9.17) is 16.3 Å². The lowest BCUT2D eigenvalue weighted by atomic mass is 9.78. The number of aromatic nitrogens is 1. The van der Waals surface area contributed by atoms with Crippen molar-refractivity contribution in [3.05, 3.63) is 82.1 Å². The van der Waals surface area contributed by atoms with Crippen LogP contribution in [0.1, 0.15) is 44.2 Å². The molecule has 33 heavy (non-hydrogen) atoms. The number of hydrogen-bond donors (Lipinski definition) is 1. The van der Waals surface area contributed by atoms with Crippen molar-refractivity contribution < 1.29 is 14.3 Å². The van der Waals surface area contributed by atoms with Crippen LogP contribution in [0.5, 0.6) is 0 Å². The molecule has 6 nitrogen and oxygen atoms in total. The molecule has 2 amide bonds. The molecule has 7 heteroatoms. The SMILES string of the molecule is CC(C)(C)OC(=O)N1CCC2=C(C1=O)C(c1ccccc1Cl)c1ccc3ncccc3c1N2. The highest BCUT2D eigenvalue weighted by Gasteiger charge is 2.42. The zero-order chi connectivity index (χ0) is 23.3. The Labute approximate surface area is 197 Å². The molecular formula is C26H24ClN3O3. The van der Waals surface area contributed by atoms with Gasteiger partial charge in [-0.1, -0.05) is 35.9 Å². The van der Waals surface area contributed by atoms with Crippen LogP contribution < -0.4 is 5.32 Å². The van der Waals surface area contributed by atoms with Crippen LogP contribution in [0, 0.1) is 0 Å². The van der Waals surface area contributed by atoms with E-state index >= 15 is 0 Å². The Morgan fingerprint density at radius 3 is 2.67 bits per heavy atom. The van der Waals surface area contributed by atoms with Gasteiger partial charge in [0, 0.05) is 46.8 Å². The highest BCUT2D eigenvalue weighted by atomic mass is 35.5. The van der Waals surface area contributed by atoms with Crippen molar-refractivity contribution in [2.75, 3.05) is 11.9 Å². The van der Waals surface area contributed by atoms with Gasteiger partial charge in [0.15, 0.2) is 0 Å². The molecule has 0 aliphatic carbocycles. The summed E-state index contributed by atoms with van der Waals surface area (Å²) in [5.74, 6) is -0.785. The second kappa shape index (κ2) is 7.89. The van der Waals surface area contributed by atoms with E-state index in [1.54, 1.807) is 27.0 Å². The fourth-order valence-electron chi connectivity index (χ4n) is 4.54. The average Bonchev–Trinajstić information content (AvgIpc) is 2.77.